The number of nitrogens with zero attached hydrogens (tertiary/aromatic N) is 3. The van der Waals surface area contributed by atoms with Gasteiger partial charge in [-0.15, -0.1) is 11.3 Å². The van der Waals surface area contributed by atoms with Gasteiger partial charge in [-0.1, -0.05) is 84.3 Å². The molecular weight excluding hydrogens is 956 g/mol. The van der Waals surface area contributed by atoms with Crippen LogP contribution in [-0.4, -0.2) is 109 Å². The van der Waals surface area contributed by atoms with Crippen LogP contribution < -0.4 is 25.4 Å². The van der Waals surface area contributed by atoms with Crippen molar-refractivity contribution >= 4 is 46.6 Å². The fraction of sp³-hybridized carbons (Fsp3) is 0.527. The van der Waals surface area contributed by atoms with E-state index in [4.69, 9.17) is 30.5 Å². The van der Waals surface area contributed by atoms with Crippen molar-refractivity contribution in [1.29, 1.82) is 5.26 Å². The number of carbonyl (C=O) groups is 4. The highest BCUT2D eigenvalue weighted by Crippen LogP contribution is 2.55. The van der Waals surface area contributed by atoms with Crippen LogP contribution in [0.3, 0.4) is 0 Å². The zero-order valence-electron chi connectivity index (χ0n) is 43.0. The Hall–Kier alpha value is -5.57. The predicted molar refractivity (Wildman–Crippen MR) is 278 cm³/mol. The Morgan fingerprint density at radius 3 is 2.19 bits per heavy atom. The van der Waals surface area contributed by atoms with Crippen molar-refractivity contribution in [2.24, 2.45) is 16.2 Å². The molecule has 3 aromatic carbocycles. The van der Waals surface area contributed by atoms with Gasteiger partial charge in [0.1, 0.15) is 42.4 Å². The molecule has 4 aromatic rings. The Morgan fingerprint density at radius 2 is 1.56 bits per heavy atom. The summed E-state index contributed by atoms with van der Waals surface area (Å²) in [5, 5.41) is 29.2. The van der Waals surface area contributed by atoms with Crippen LogP contribution in [0.5, 0.6) is 11.5 Å². The number of halogens is 1. The van der Waals surface area contributed by atoms with Crippen LogP contribution in [0.15, 0.2) is 72.2 Å². The highest BCUT2D eigenvalue weighted by molar-refractivity contribution is 7.13. The first kappa shape index (κ1) is 55.7. The van der Waals surface area contributed by atoms with E-state index >= 15 is 0 Å². The highest BCUT2D eigenvalue weighted by Gasteiger charge is 2.64. The quantitative estimate of drug-likeness (QED) is 0.0519. The van der Waals surface area contributed by atoms with E-state index in [0.29, 0.717) is 60.5 Å². The average Bonchev–Trinajstić information content (AvgIpc) is 3.96. The molecule has 6 rings (SSSR count). The molecule has 0 bridgehead atoms. The number of amides is 4. The lowest BCUT2D eigenvalue weighted by molar-refractivity contribution is -0.164. The minimum atomic E-state index is -0.957. The summed E-state index contributed by atoms with van der Waals surface area (Å²) in [6.45, 7) is 19.3. The number of benzene rings is 3. The normalized spacial score (nSPS) is 19.8. The van der Waals surface area contributed by atoms with Crippen molar-refractivity contribution in [2.45, 2.75) is 131 Å². The molecule has 0 radical (unpaired) electrons. The number of unbranched alkanes of at least 4 members (excludes halogenated alkanes) is 2. The summed E-state index contributed by atoms with van der Waals surface area (Å²) in [7, 11) is 0. The molecule has 1 aromatic heterocycles. The fourth-order valence-corrected chi connectivity index (χ4v) is 11.0. The third-order valence-electron chi connectivity index (χ3n) is 13.6. The first-order chi connectivity index (χ1) is 34.1. The number of nitrogens with one attached hydrogen (secondary N) is 3. The lowest BCUT2D eigenvalue weighted by Gasteiger charge is -2.63. The summed E-state index contributed by atoms with van der Waals surface area (Å²) >= 11 is 7.81. The zero-order valence-corrected chi connectivity index (χ0v) is 44.6. The maximum Gasteiger partial charge on any atom is 0.251 e. The van der Waals surface area contributed by atoms with Gasteiger partial charge in [0.15, 0.2) is 0 Å². The number of aliphatic hydroxyl groups is 1. The van der Waals surface area contributed by atoms with Crippen LogP contribution >= 0.6 is 22.9 Å². The molecule has 1 aliphatic carbocycles. The van der Waals surface area contributed by atoms with E-state index < -0.39 is 35.4 Å². The number of hydrogen-bond acceptors (Lipinski definition) is 12. The number of nitriles is 1. The Balaban J connectivity index is 0.825. The van der Waals surface area contributed by atoms with Gasteiger partial charge in [-0.3, -0.25) is 19.2 Å². The maximum atomic E-state index is 14.0. The summed E-state index contributed by atoms with van der Waals surface area (Å²) in [5.74, 6) is -0.168. The molecule has 2 heterocycles. The van der Waals surface area contributed by atoms with Crippen LogP contribution in [0.1, 0.15) is 121 Å². The molecule has 1 saturated carbocycles. The van der Waals surface area contributed by atoms with Gasteiger partial charge in [0.25, 0.3) is 5.91 Å². The largest absolute Gasteiger partial charge is 0.494 e. The molecular formula is C55H71ClN6O9S. The van der Waals surface area contributed by atoms with Crippen molar-refractivity contribution in [2.75, 3.05) is 39.6 Å². The molecule has 1 saturated heterocycles. The van der Waals surface area contributed by atoms with Crippen molar-refractivity contribution < 1.29 is 43.2 Å². The van der Waals surface area contributed by atoms with E-state index in [2.05, 4.69) is 54.7 Å². The Labute approximate surface area is 433 Å². The van der Waals surface area contributed by atoms with E-state index in [9.17, 15) is 29.5 Å². The van der Waals surface area contributed by atoms with Crippen LogP contribution in [0.4, 0.5) is 0 Å². The van der Waals surface area contributed by atoms with Gasteiger partial charge in [0.2, 0.25) is 17.7 Å². The molecule has 388 valence electrons. The molecule has 15 nitrogen and oxygen atoms in total. The van der Waals surface area contributed by atoms with Gasteiger partial charge in [0.05, 0.1) is 45.4 Å². The molecule has 2 aliphatic rings. The Bertz CT molecular complexity index is 2520. The van der Waals surface area contributed by atoms with E-state index in [-0.39, 0.29) is 60.4 Å². The van der Waals surface area contributed by atoms with Gasteiger partial charge < -0.3 is 44.9 Å². The molecule has 0 spiro atoms. The number of aliphatic hydroxyl groups excluding tert-OH is 1. The molecule has 2 fully saturated rings. The summed E-state index contributed by atoms with van der Waals surface area (Å²) in [6, 6.07) is 19.8. The van der Waals surface area contributed by atoms with Crippen LogP contribution in [0, 0.1) is 34.5 Å². The van der Waals surface area contributed by atoms with Crippen LogP contribution in [0.25, 0.3) is 10.4 Å². The second-order valence-corrected chi connectivity index (χ2v) is 22.4. The maximum absolute atomic E-state index is 14.0. The van der Waals surface area contributed by atoms with Crippen molar-refractivity contribution in [3.63, 3.8) is 0 Å². The first-order valence-electron chi connectivity index (χ1n) is 24.8. The van der Waals surface area contributed by atoms with E-state index in [1.54, 1.807) is 53.8 Å². The van der Waals surface area contributed by atoms with Gasteiger partial charge in [-0.25, -0.2) is 4.98 Å². The molecule has 4 N–H and O–H groups in total. The minimum absolute atomic E-state index is 0.0160. The molecule has 72 heavy (non-hydrogen) atoms. The average molecular weight is 1030 g/mol. The Morgan fingerprint density at radius 1 is 0.903 bits per heavy atom. The number of aryl methyl sites for hydroxylation is 1. The van der Waals surface area contributed by atoms with E-state index in [1.807, 2.05) is 64.4 Å². The standard InChI is InChI=1S/C55H71ClN6O9S/c1-34(36-14-16-37(17-15-36)46-35(2)58-33-72-46)59-49(66)44-28-40(63)31-62(44)50(67)47(53(3,4)5)60-45(64)32-69-26-13-25-68-24-11-10-12-27-70-41-21-18-38(19-22-41)48(65)61-51-54(6,7)52(55(51,8)9)71-42-23-20-39(30-57)43(56)29-42/h14-23,29,33-34,40,44,47,51-52,63H,10-13,24-28,31-32H2,1-9H3,(H,59,66)(H,60,64)(H,61,65)/t34-,40+,44-,47+,51-,52-/m0/s1. The monoisotopic (exact) mass is 1030 g/mol. The SMILES string of the molecule is Cc1ncsc1-c1ccc([C@H](C)NC(=O)[C@@H]2C[C@@H](O)CN2C(=O)[C@@H](NC(=O)COCCCOCCCCCOc2ccc(C(=O)N[C@H]3C(C)(C)[C@H](Oc4ccc(C#N)c(Cl)c4)C3(C)C)cc2)C(C)(C)C)cc1. The zero-order chi connectivity index (χ0) is 52.4. The van der Waals surface area contributed by atoms with Gasteiger partial charge in [-0.05, 0) is 92.5 Å². The number of rotatable bonds is 23. The third kappa shape index (κ3) is 13.9. The molecule has 0 unspecified atom stereocenters. The number of likely N-dealkylation sites (tertiary alicyclic amines) is 1. The number of thiazole rings is 1. The van der Waals surface area contributed by atoms with Crippen molar-refractivity contribution in [3.8, 4) is 28.0 Å². The minimum Gasteiger partial charge on any atom is -0.494 e. The summed E-state index contributed by atoms with van der Waals surface area (Å²) < 4.78 is 23.7. The summed E-state index contributed by atoms with van der Waals surface area (Å²) in [5.41, 5.74) is 4.20. The number of hydrogen-bond donors (Lipinski definition) is 4. The number of aromatic nitrogens is 1. The third-order valence-corrected chi connectivity index (χ3v) is 14.9. The second kappa shape index (κ2) is 24.4. The van der Waals surface area contributed by atoms with E-state index in [0.717, 1.165) is 41.0 Å². The highest BCUT2D eigenvalue weighted by atomic mass is 35.5. The molecule has 17 heteroatoms. The molecule has 1 aliphatic heterocycles. The van der Waals surface area contributed by atoms with Gasteiger partial charge in [-0.2, -0.15) is 5.26 Å². The molecule has 4 amide bonds. The van der Waals surface area contributed by atoms with E-state index in [1.165, 1.54) is 4.90 Å². The lowest BCUT2D eigenvalue weighted by atomic mass is 9.49. The first-order valence-corrected chi connectivity index (χ1v) is 26.0. The smallest absolute Gasteiger partial charge is 0.251 e. The number of β-amino-alcohol motifs (C(OH)–C–C–N with tert-alkyl or cyclic N) is 1. The topological polar surface area (TPSA) is 201 Å². The second-order valence-electron chi connectivity index (χ2n) is 21.1. The summed E-state index contributed by atoms with van der Waals surface area (Å²) in [6.07, 6.45) is 2.20. The molecule has 4 atom stereocenters. The van der Waals surface area contributed by atoms with Gasteiger partial charge in [0, 0.05) is 61.3 Å². The predicted octanol–water partition coefficient (Wildman–Crippen LogP) is 8.60. The van der Waals surface area contributed by atoms with Crippen LogP contribution in [0.2, 0.25) is 5.02 Å². The van der Waals surface area contributed by atoms with Crippen molar-refractivity contribution in [3.05, 3.63) is 99.6 Å². The van der Waals surface area contributed by atoms with Crippen LogP contribution in [-0.2, 0) is 23.9 Å². The number of ether oxygens (including phenoxy) is 4. The van der Waals surface area contributed by atoms with Crippen molar-refractivity contribution in [1.82, 2.24) is 25.8 Å². The fourth-order valence-electron chi connectivity index (χ4n) is 9.93. The lowest BCUT2D eigenvalue weighted by Crippen LogP contribution is -2.74. The Kier molecular flexibility index (Phi) is 18.9. The van der Waals surface area contributed by atoms with Gasteiger partial charge >= 0.3 is 0 Å². The summed E-state index contributed by atoms with van der Waals surface area (Å²) in [4.78, 5) is 60.9. The number of carbonyl (C=O) groups excluding carboxylic acids is 4.